The molecule has 0 bridgehead atoms. The van der Waals surface area contributed by atoms with Gasteiger partial charge >= 0.3 is 12.1 Å². The Morgan fingerprint density at radius 1 is 1.54 bits per heavy atom. The van der Waals surface area contributed by atoms with Gasteiger partial charge in [-0.2, -0.15) is 4.80 Å². The molecule has 0 aliphatic carbocycles. The molecular weight excluding hydrogens is 347 g/mol. The van der Waals surface area contributed by atoms with Crippen molar-refractivity contribution < 1.29 is 23.5 Å². The minimum absolute atomic E-state index is 0.0630. The summed E-state index contributed by atoms with van der Waals surface area (Å²) in [5, 5.41) is 14.1. The van der Waals surface area contributed by atoms with E-state index in [4.69, 9.17) is 15.2 Å². The van der Waals surface area contributed by atoms with Gasteiger partial charge in [0, 0.05) is 0 Å². The first-order valence-electron chi connectivity index (χ1n) is 7.79. The van der Waals surface area contributed by atoms with Crippen LogP contribution in [0.3, 0.4) is 0 Å². The number of tetrazole rings is 1. The van der Waals surface area contributed by atoms with Gasteiger partial charge in [-0.3, -0.25) is 4.79 Å². The highest BCUT2D eigenvalue weighted by atomic mass is 19.1. The first kappa shape index (κ1) is 17.7. The summed E-state index contributed by atoms with van der Waals surface area (Å²) in [6.45, 7) is 1.25. The number of carbonyl (C=O) groups is 2. The molecule has 1 aliphatic heterocycles. The molecule has 0 spiro atoms. The van der Waals surface area contributed by atoms with Gasteiger partial charge in [0.2, 0.25) is 5.82 Å². The number of nitrogens with two attached hydrogens (primary N) is 1. The summed E-state index contributed by atoms with van der Waals surface area (Å²) in [7, 11) is 1.55. The molecule has 1 aliphatic rings. The zero-order chi connectivity index (χ0) is 18.8. The van der Waals surface area contributed by atoms with Gasteiger partial charge in [-0.1, -0.05) is 12.1 Å². The number of aryl methyl sites for hydroxylation is 1. The third-order valence-electron chi connectivity index (χ3n) is 3.78. The van der Waals surface area contributed by atoms with Crippen LogP contribution in [0.25, 0.3) is 11.4 Å². The third-order valence-corrected chi connectivity index (χ3v) is 3.78. The number of rotatable bonds is 5. The molecule has 10 nitrogen and oxygen atoms in total. The number of hydrogen-bond acceptors (Lipinski definition) is 8. The summed E-state index contributed by atoms with van der Waals surface area (Å²) in [5.41, 5.74) is 5.91. The van der Waals surface area contributed by atoms with E-state index in [9.17, 15) is 14.0 Å². The van der Waals surface area contributed by atoms with E-state index in [-0.39, 0.29) is 18.0 Å². The lowest BCUT2D eigenvalue weighted by Gasteiger charge is -2.19. The van der Waals surface area contributed by atoms with Crippen LogP contribution < -0.4 is 11.1 Å². The van der Waals surface area contributed by atoms with E-state index in [1.54, 1.807) is 13.1 Å². The predicted octanol–water partition coefficient (Wildman–Crippen LogP) is 0.0561. The number of alkyl carbamates (subject to hydrolysis) is 1. The molecule has 1 aromatic heterocycles. The van der Waals surface area contributed by atoms with Gasteiger partial charge in [0.05, 0.1) is 18.7 Å². The largest absolute Gasteiger partial charge is 0.460 e. The van der Waals surface area contributed by atoms with Gasteiger partial charge in [-0.05, 0) is 23.8 Å². The number of nitrogens with zero attached hydrogens (tertiary/aromatic N) is 4. The van der Waals surface area contributed by atoms with Gasteiger partial charge < -0.3 is 20.5 Å². The van der Waals surface area contributed by atoms with Crippen LogP contribution in [-0.2, 0) is 21.3 Å². The van der Waals surface area contributed by atoms with Crippen LogP contribution in [0.1, 0.15) is 18.5 Å². The molecule has 2 heterocycles. The summed E-state index contributed by atoms with van der Waals surface area (Å²) in [4.78, 5) is 24.5. The molecule has 11 heteroatoms. The topological polar surface area (TPSA) is 134 Å². The maximum Gasteiger partial charge on any atom is 0.408 e. The quantitative estimate of drug-likeness (QED) is 0.711. The minimum atomic E-state index is -0.859. The molecule has 26 heavy (non-hydrogen) atoms. The second-order valence-electron chi connectivity index (χ2n) is 5.79. The highest BCUT2D eigenvalue weighted by Crippen LogP contribution is 2.33. The second kappa shape index (κ2) is 7.04. The van der Waals surface area contributed by atoms with Crippen molar-refractivity contribution >= 4 is 12.1 Å². The van der Waals surface area contributed by atoms with Crippen LogP contribution in [-0.4, -0.2) is 51.0 Å². The van der Waals surface area contributed by atoms with Gasteiger partial charge in [0.25, 0.3) is 0 Å². The summed E-state index contributed by atoms with van der Waals surface area (Å²) in [5.74, 6) is -1.15. The van der Waals surface area contributed by atoms with Crippen molar-refractivity contribution in [1.29, 1.82) is 0 Å². The highest BCUT2D eigenvalue weighted by molar-refractivity contribution is 5.75. The molecule has 3 rings (SSSR count). The van der Waals surface area contributed by atoms with Crippen molar-refractivity contribution in [3.05, 3.63) is 29.6 Å². The van der Waals surface area contributed by atoms with E-state index in [1.807, 2.05) is 0 Å². The molecule has 3 atom stereocenters. The predicted molar refractivity (Wildman–Crippen MR) is 84.9 cm³/mol. The molecule has 1 fully saturated rings. The fourth-order valence-electron chi connectivity index (χ4n) is 2.58. The lowest BCUT2D eigenvalue weighted by atomic mass is 9.96. The number of aromatic nitrogens is 4. The highest BCUT2D eigenvalue weighted by Gasteiger charge is 2.38. The normalized spacial score (nSPS) is 20.4. The lowest BCUT2D eigenvalue weighted by molar-refractivity contribution is -0.147. The number of benzene rings is 1. The number of ether oxygens (including phenoxy) is 2. The van der Waals surface area contributed by atoms with Crippen molar-refractivity contribution in [2.45, 2.75) is 25.1 Å². The Bertz CT molecular complexity index is 839. The summed E-state index contributed by atoms with van der Waals surface area (Å²) >= 11 is 0. The van der Waals surface area contributed by atoms with Gasteiger partial charge in [-0.15, -0.1) is 10.2 Å². The Morgan fingerprint density at radius 2 is 2.31 bits per heavy atom. The van der Waals surface area contributed by atoms with Crippen LogP contribution >= 0.6 is 0 Å². The van der Waals surface area contributed by atoms with Crippen LogP contribution in [0.15, 0.2) is 18.2 Å². The van der Waals surface area contributed by atoms with E-state index in [1.165, 1.54) is 23.9 Å². The monoisotopic (exact) mass is 364 g/mol. The number of halogens is 1. The fourth-order valence-corrected chi connectivity index (χ4v) is 2.58. The third kappa shape index (κ3) is 3.47. The maximum absolute atomic E-state index is 14.5. The van der Waals surface area contributed by atoms with Crippen LogP contribution in [0.2, 0.25) is 0 Å². The van der Waals surface area contributed by atoms with Crippen molar-refractivity contribution in [2.75, 3.05) is 6.61 Å². The van der Waals surface area contributed by atoms with Gasteiger partial charge in [0.15, 0.2) is 6.10 Å². The SMILES string of the molecule is C[C@H](N)C(=O)OCC1OC(=O)NC1c1cccc(F)c1-c1nnn(C)n1. The Hall–Kier alpha value is -3.08. The van der Waals surface area contributed by atoms with E-state index < -0.39 is 36.1 Å². The van der Waals surface area contributed by atoms with E-state index in [2.05, 4.69) is 20.7 Å². The fraction of sp³-hybridized carbons (Fsp3) is 0.400. The Labute approximate surface area is 147 Å². The van der Waals surface area contributed by atoms with Crippen LogP contribution in [0.4, 0.5) is 9.18 Å². The number of hydrogen-bond donors (Lipinski definition) is 2. The number of nitrogens with one attached hydrogen (secondary N) is 1. The first-order chi connectivity index (χ1) is 12.4. The summed E-state index contributed by atoms with van der Waals surface area (Å²) in [6.07, 6.45) is -1.57. The molecule has 0 saturated carbocycles. The van der Waals surface area contributed by atoms with Crippen LogP contribution in [0, 0.1) is 5.82 Å². The average Bonchev–Trinajstić information content (AvgIpc) is 3.17. The summed E-state index contributed by atoms with van der Waals surface area (Å²) < 4.78 is 24.7. The van der Waals surface area contributed by atoms with Crippen molar-refractivity contribution in [3.63, 3.8) is 0 Å². The Balaban J connectivity index is 1.92. The zero-order valence-corrected chi connectivity index (χ0v) is 14.0. The molecule has 2 aromatic rings. The van der Waals surface area contributed by atoms with E-state index in [0.717, 1.165) is 0 Å². The molecule has 1 saturated heterocycles. The maximum atomic E-state index is 14.5. The van der Waals surface area contributed by atoms with Gasteiger partial charge in [0.1, 0.15) is 18.5 Å². The number of amides is 1. The van der Waals surface area contributed by atoms with Gasteiger partial charge in [-0.25, -0.2) is 9.18 Å². The van der Waals surface area contributed by atoms with E-state index >= 15 is 0 Å². The number of esters is 1. The molecule has 1 amide bonds. The molecular formula is C15H17FN6O4. The Morgan fingerprint density at radius 3 is 2.96 bits per heavy atom. The van der Waals surface area contributed by atoms with E-state index in [0.29, 0.717) is 5.56 Å². The average molecular weight is 364 g/mol. The number of carbonyl (C=O) groups excluding carboxylic acids is 2. The molecule has 1 aromatic carbocycles. The first-order valence-corrected chi connectivity index (χ1v) is 7.79. The zero-order valence-electron chi connectivity index (χ0n) is 14.0. The van der Waals surface area contributed by atoms with Crippen LogP contribution in [0.5, 0.6) is 0 Å². The molecule has 0 radical (unpaired) electrons. The smallest absolute Gasteiger partial charge is 0.408 e. The second-order valence-corrected chi connectivity index (χ2v) is 5.79. The standard InChI is InChI=1S/C15H17FN6O4/c1-7(17)14(23)25-6-10-12(18-15(24)26-10)8-4-3-5-9(16)11(8)13-19-21-22(2)20-13/h3-5,7,10,12H,6,17H2,1-2H3,(H,18,24)/t7-,10?,12?/m0/s1. The lowest BCUT2D eigenvalue weighted by Crippen LogP contribution is -2.33. The summed E-state index contributed by atoms with van der Waals surface area (Å²) in [6, 6.07) is 2.76. The van der Waals surface area contributed by atoms with Crippen molar-refractivity contribution in [3.8, 4) is 11.4 Å². The number of cyclic esters (lactones) is 1. The minimum Gasteiger partial charge on any atom is -0.460 e. The van der Waals surface area contributed by atoms with Crippen molar-refractivity contribution in [2.24, 2.45) is 12.8 Å². The molecule has 2 unspecified atom stereocenters. The molecule has 138 valence electrons. The van der Waals surface area contributed by atoms with Crippen molar-refractivity contribution in [1.82, 2.24) is 25.5 Å². The molecule has 3 N–H and O–H groups in total. The Kier molecular flexibility index (Phi) is 4.80.